The van der Waals surface area contributed by atoms with Crippen LogP contribution >= 0.6 is 11.3 Å². The maximum Gasteiger partial charge on any atom is 0.261 e. The molecule has 188 valence electrons. The number of hydrogen-bond donors (Lipinski definition) is 1. The van der Waals surface area contributed by atoms with Crippen molar-refractivity contribution in [1.82, 2.24) is 4.98 Å². The molecule has 0 saturated heterocycles. The van der Waals surface area contributed by atoms with Crippen LogP contribution in [0.1, 0.15) is 21.7 Å². The predicted molar refractivity (Wildman–Crippen MR) is 144 cm³/mol. The van der Waals surface area contributed by atoms with E-state index in [2.05, 4.69) is 9.71 Å². The van der Waals surface area contributed by atoms with Crippen LogP contribution in [0.3, 0.4) is 0 Å². The lowest BCUT2D eigenvalue weighted by molar-refractivity contribution is 0.0983. The maximum atomic E-state index is 13.6. The molecule has 1 N–H and O–H groups in total. The van der Waals surface area contributed by atoms with Crippen molar-refractivity contribution in [2.45, 2.75) is 18.4 Å². The summed E-state index contributed by atoms with van der Waals surface area (Å²) in [6, 6.07) is 22.0. The molecule has 0 saturated carbocycles. The summed E-state index contributed by atoms with van der Waals surface area (Å²) < 4.78 is 39.7. The van der Waals surface area contributed by atoms with Gasteiger partial charge in [-0.15, -0.1) is 0 Å². The van der Waals surface area contributed by atoms with Crippen LogP contribution in [0, 0.1) is 6.92 Å². The number of carbonyl (C=O) groups is 1. The van der Waals surface area contributed by atoms with Crippen molar-refractivity contribution < 1.29 is 22.4 Å². The van der Waals surface area contributed by atoms with E-state index in [0.717, 1.165) is 15.8 Å². The van der Waals surface area contributed by atoms with Gasteiger partial charge in [-0.05, 0) is 73.7 Å². The summed E-state index contributed by atoms with van der Waals surface area (Å²) in [7, 11) is -2.16. The molecule has 2 heterocycles. The van der Waals surface area contributed by atoms with Gasteiger partial charge in [0.1, 0.15) is 11.5 Å². The highest BCUT2D eigenvalue weighted by Crippen LogP contribution is 2.33. The Morgan fingerprint density at radius 2 is 1.81 bits per heavy atom. The third kappa shape index (κ3) is 5.35. The monoisotopic (exact) mass is 533 g/mol. The number of methoxy groups -OCH3 is 1. The Kier molecular flexibility index (Phi) is 6.68. The van der Waals surface area contributed by atoms with Gasteiger partial charge in [0, 0.05) is 11.3 Å². The molecule has 0 unspecified atom stereocenters. The number of thiazole rings is 1. The molecule has 0 aliphatic heterocycles. The highest BCUT2D eigenvalue weighted by atomic mass is 32.2. The molecule has 1 amide bonds. The molecule has 5 aromatic rings. The lowest BCUT2D eigenvalue weighted by Gasteiger charge is -2.19. The second-order valence-corrected chi connectivity index (χ2v) is 11.0. The van der Waals surface area contributed by atoms with Crippen LogP contribution in [0.5, 0.6) is 5.75 Å². The zero-order valence-electron chi connectivity index (χ0n) is 20.0. The van der Waals surface area contributed by atoms with Crippen molar-refractivity contribution in [3.8, 4) is 5.75 Å². The average Bonchev–Trinajstić information content (AvgIpc) is 3.56. The molecule has 0 fully saturated rings. The van der Waals surface area contributed by atoms with E-state index in [9.17, 15) is 13.2 Å². The van der Waals surface area contributed by atoms with Gasteiger partial charge < -0.3 is 9.15 Å². The zero-order valence-corrected chi connectivity index (χ0v) is 21.7. The van der Waals surface area contributed by atoms with Crippen molar-refractivity contribution in [2.75, 3.05) is 16.7 Å². The van der Waals surface area contributed by atoms with E-state index in [4.69, 9.17) is 9.15 Å². The predicted octanol–water partition coefficient (Wildman–Crippen LogP) is 5.85. The Bertz CT molecular complexity index is 1640. The number of nitrogens with one attached hydrogen (secondary N) is 1. The summed E-state index contributed by atoms with van der Waals surface area (Å²) in [5, 5.41) is 0.508. The Labute approximate surface area is 218 Å². The summed E-state index contributed by atoms with van der Waals surface area (Å²) in [5.41, 5.74) is 2.44. The SMILES string of the molecule is COc1ccc2nc(N(Cc3ccco3)C(=O)c3ccc(NS(=O)(=O)c4ccc(C)cc4)cc3)sc2c1. The normalized spacial score (nSPS) is 11.4. The second kappa shape index (κ2) is 10.1. The largest absolute Gasteiger partial charge is 0.497 e. The van der Waals surface area contributed by atoms with Gasteiger partial charge in [0.15, 0.2) is 5.13 Å². The van der Waals surface area contributed by atoms with Crippen LogP contribution in [0.15, 0.2) is 94.4 Å². The molecule has 0 spiro atoms. The number of sulfonamides is 1. The molecule has 0 aliphatic carbocycles. The van der Waals surface area contributed by atoms with E-state index in [1.807, 2.05) is 25.1 Å². The molecule has 0 atom stereocenters. The summed E-state index contributed by atoms with van der Waals surface area (Å²) in [5.74, 6) is 1.01. The fourth-order valence-electron chi connectivity index (χ4n) is 3.69. The lowest BCUT2D eigenvalue weighted by Crippen LogP contribution is -2.30. The van der Waals surface area contributed by atoms with Gasteiger partial charge in [-0.3, -0.25) is 14.4 Å². The first-order valence-corrected chi connectivity index (χ1v) is 13.6. The maximum absolute atomic E-state index is 13.6. The molecule has 3 aromatic carbocycles. The summed E-state index contributed by atoms with van der Waals surface area (Å²) >= 11 is 1.37. The number of hydrogen-bond acceptors (Lipinski definition) is 7. The van der Waals surface area contributed by atoms with E-state index in [1.165, 1.54) is 11.3 Å². The first kappa shape index (κ1) is 24.5. The quantitative estimate of drug-likeness (QED) is 0.268. The van der Waals surface area contributed by atoms with Crippen LogP contribution in [0.25, 0.3) is 10.2 Å². The van der Waals surface area contributed by atoms with E-state index < -0.39 is 10.0 Å². The molecule has 2 aromatic heterocycles. The lowest BCUT2D eigenvalue weighted by atomic mass is 10.2. The Morgan fingerprint density at radius 1 is 1.05 bits per heavy atom. The van der Waals surface area contributed by atoms with Crippen LogP contribution in [-0.2, 0) is 16.6 Å². The minimum absolute atomic E-state index is 0.162. The van der Waals surface area contributed by atoms with E-state index >= 15 is 0 Å². The summed E-state index contributed by atoms with van der Waals surface area (Å²) in [4.78, 5) is 20.0. The summed E-state index contributed by atoms with van der Waals surface area (Å²) in [6.45, 7) is 2.07. The van der Waals surface area contributed by atoms with Gasteiger partial charge in [0.05, 0.1) is 35.0 Å². The molecular formula is C27H23N3O5S2. The zero-order chi connectivity index (χ0) is 26.0. The van der Waals surface area contributed by atoms with Gasteiger partial charge in [-0.25, -0.2) is 13.4 Å². The number of aryl methyl sites for hydroxylation is 1. The molecule has 0 bridgehead atoms. The first-order valence-electron chi connectivity index (χ1n) is 11.3. The molecule has 0 radical (unpaired) electrons. The fraction of sp³-hybridized carbons (Fsp3) is 0.111. The molecule has 8 nitrogen and oxygen atoms in total. The van der Waals surface area contributed by atoms with Gasteiger partial charge in [-0.2, -0.15) is 0 Å². The van der Waals surface area contributed by atoms with E-state index in [-0.39, 0.29) is 17.3 Å². The third-order valence-corrected chi connectivity index (χ3v) is 8.11. The van der Waals surface area contributed by atoms with Crippen molar-refractivity contribution in [2.24, 2.45) is 0 Å². The van der Waals surface area contributed by atoms with Gasteiger partial charge in [0.2, 0.25) is 0 Å². The van der Waals surface area contributed by atoms with Crippen LogP contribution < -0.4 is 14.4 Å². The van der Waals surface area contributed by atoms with E-state index in [0.29, 0.717) is 27.9 Å². The summed E-state index contributed by atoms with van der Waals surface area (Å²) in [6.07, 6.45) is 1.55. The number of benzene rings is 3. The van der Waals surface area contributed by atoms with Crippen LogP contribution in [0.2, 0.25) is 0 Å². The highest BCUT2D eigenvalue weighted by Gasteiger charge is 2.23. The average molecular weight is 534 g/mol. The molecule has 10 heteroatoms. The third-order valence-electron chi connectivity index (χ3n) is 5.67. The minimum atomic E-state index is -3.75. The van der Waals surface area contributed by atoms with E-state index in [1.54, 1.807) is 78.9 Å². The van der Waals surface area contributed by atoms with Gasteiger partial charge >= 0.3 is 0 Å². The van der Waals surface area contributed by atoms with Crippen molar-refractivity contribution in [3.63, 3.8) is 0 Å². The number of carbonyl (C=O) groups excluding carboxylic acids is 1. The van der Waals surface area contributed by atoms with Crippen LogP contribution in [-0.4, -0.2) is 26.4 Å². The minimum Gasteiger partial charge on any atom is -0.497 e. The second-order valence-electron chi connectivity index (χ2n) is 8.30. The Hall–Kier alpha value is -4.15. The van der Waals surface area contributed by atoms with Crippen molar-refractivity contribution >= 4 is 48.3 Å². The Morgan fingerprint density at radius 3 is 2.49 bits per heavy atom. The Balaban J connectivity index is 1.42. The number of aromatic nitrogens is 1. The number of amides is 1. The van der Waals surface area contributed by atoms with Crippen LogP contribution in [0.4, 0.5) is 10.8 Å². The van der Waals surface area contributed by atoms with Gasteiger partial charge in [0.25, 0.3) is 15.9 Å². The number of furan rings is 1. The number of fused-ring (bicyclic) bond motifs is 1. The molecular weight excluding hydrogens is 510 g/mol. The molecule has 0 aliphatic rings. The molecule has 5 rings (SSSR count). The van der Waals surface area contributed by atoms with Crippen molar-refractivity contribution in [1.29, 1.82) is 0 Å². The smallest absolute Gasteiger partial charge is 0.261 e. The number of anilines is 2. The fourth-order valence-corrected chi connectivity index (χ4v) is 5.74. The number of ether oxygens (including phenoxy) is 1. The highest BCUT2D eigenvalue weighted by molar-refractivity contribution is 7.92. The molecule has 37 heavy (non-hydrogen) atoms. The number of nitrogens with zero attached hydrogens (tertiary/aromatic N) is 2. The van der Waals surface area contributed by atoms with Gasteiger partial charge in [-0.1, -0.05) is 29.0 Å². The van der Waals surface area contributed by atoms with Crippen molar-refractivity contribution in [3.05, 3.63) is 102 Å². The number of rotatable bonds is 8. The standard InChI is InChI=1S/C27H23N3O5S2/c1-18-5-12-23(13-6-18)37(32,33)29-20-9-7-19(8-10-20)26(31)30(17-22-4-3-15-35-22)27-28-24-14-11-21(34-2)16-25(24)36-27/h3-16,29H,17H2,1-2H3. The topological polar surface area (TPSA) is 102 Å². The first-order chi connectivity index (χ1) is 17.8.